The average molecular weight is 205 g/mol. The molecule has 2 rings (SSSR count). The second kappa shape index (κ2) is 5.17. The van der Waals surface area contributed by atoms with Crippen LogP contribution in [0.5, 0.6) is 5.75 Å². The van der Waals surface area contributed by atoms with Crippen LogP contribution in [0.2, 0.25) is 0 Å². The highest BCUT2D eigenvalue weighted by Crippen LogP contribution is 2.26. The van der Waals surface area contributed by atoms with Crippen molar-refractivity contribution < 1.29 is 4.74 Å². The van der Waals surface area contributed by atoms with Gasteiger partial charge in [-0.2, -0.15) is 0 Å². The molecule has 1 fully saturated rings. The Bertz CT molecular complexity index is 290. The Morgan fingerprint density at radius 2 is 2.00 bits per heavy atom. The molecule has 1 aliphatic rings. The van der Waals surface area contributed by atoms with Gasteiger partial charge < -0.3 is 10.1 Å². The third kappa shape index (κ3) is 3.56. The highest BCUT2D eigenvalue weighted by Gasteiger charge is 2.23. The van der Waals surface area contributed by atoms with Gasteiger partial charge in [-0.25, -0.2) is 0 Å². The molecule has 0 aliphatic heterocycles. The first-order chi connectivity index (χ1) is 7.38. The van der Waals surface area contributed by atoms with E-state index in [9.17, 15) is 0 Å². The first kappa shape index (κ1) is 10.5. The fourth-order valence-corrected chi connectivity index (χ4v) is 1.47. The van der Waals surface area contributed by atoms with Gasteiger partial charge in [0.15, 0.2) is 0 Å². The summed E-state index contributed by atoms with van der Waals surface area (Å²) in [5.41, 5.74) is 1.33. The highest BCUT2D eigenvalue weighted by atomic mass is 16.5. The van der Waals surface area contributed by atoms with Gasteiger partial charge >= 0.3 is 0 Å². The number of hydrogen-bond acceptors (Lipinski definition) is 2. The zero-order valence-electron chi connectivity index (χ0n) is 9.33. The molecule has 0 radical (unpaired) electrons. The molecule has 0 unspecified atom stereocenters. The van der Waals surface area contributed by atoms with E-state index in [-0.39, 0.29) is 0 Å². The standard InChI is InChI=1S/C13H19NO/c1-2-9-14-10-11-3-5-12(6-4-11)15-13-7-8-13/h3-6,13-14H,2,7-10H2,1H3. The fourth-order valence-electron chi connectivity index (χ4n) is 1.47. The predicted octanol–water partition coefficient (Wildman–Crippen LogP) is 2.73. The van der Waals surface area contributed by atoms with Crippen LogP contribution < -0.4 is 10.1 Å². The van der Waals surface area contributed by atoms with Crippen molar-refractivity contribution in [2.24, 2.45) is 0 Å². The minimum Gasteiger partial charge on any atom is -0.490 e. The van der Waals surface area contributed by atoms with E-state index in [2.05, 4.69) is 36.5 Å². The number of ether oxygens (including phenoxy) is 1. The van der Waals surface area contributed by atoms with Crippen LogP contribution in [0.25, 0.3) is 0 Å². The Balaban J connectivity index is 1.80. The third-order valence-electron chi connectivity index (χ3n) is 2.51. The molecule has 0 saturated heterocycles. The summed E-state index contributed by atoms with van der Waals surface area (Å²) in [4.78, 5) is 0. The van der Waals surface area contributed by atoms with Crippen LogP contribution in [0.1, 0.15) is 31.7 Å². The van der Waals surface area contributed by atoms with Gasteiger partial charge in [-0.3, -0.25) is 0 Å². The second-order valence-corrected chi connectivity index (χ2v) is 4.14. The molecule has 0 atom stereocenters. The van der Waals surface area contributed by atoms with Gasteiger partial charge in [0.05, 0.1) is 6.10 Å². The lowest BCUT2D eigenvalue weighted by Crippen LogP contribution is -2.13. The van der Waals surface area contributed by atoms with E-state index in [1.54, 1.807) is 0 Å². The minimum atomic E-state index is 0.495. The predicted molar refractivity (Wildman–Crippen MR) is 62.1 cm³/mol. The summed E-state index contributed by atoms with van der Waals surface area (Å²) in [6.45, 7) is 4.22. The Labute approximate surface area is 91.6 Å². The lowest BCUT2D eigenvalue weighted by molar-refractivity contribution is 0.303. The molecule has 82 valence electrons. The van der Waals surface area contributed by atoms with Crippen molar-refractivity contribution >= 4 is 0 Å². The van der Waals surface area contributed by atoms with Gasteiger partial charge in [0, 0.05) is 6.54 Å². The normalized spacial score (nSPS) is 15.3. The second-order valence-electron chi connectivity index (χ2n) is 4.14. The summed E-state index contributed by atoms with van der Waals surface area (Å²) in [5, 5.41) is 3.38. The summed E-state index contributed by atoms with van der Waals surface area (Å²) in [7, 11) is 0. The molecule has 0 aromatic heterocycles. The maximum atomic E-state index is 5.69. The number of nitrogens with one attached hydrogen (secondary N) is 1. The Morgan fingerprint density at radius 1 is 1.27 bits per heavy atom. The van der Waals surface area contributed by atoms with Crippen molar-refractivity contribution in [1.82, 2.24) is 5.32 Å². The SMILES string of the molecule is CCCNCc1ccc(OC2CC2)cc1. The van der Waals surface area contributed by atoms with E-state index in [1.807, 2.05) is 0 Å². The smallest absolute Gasteiger partial charge is 0.119 e. The van der Waals surface area contributed by atoms with Crippen LogP contribution >= 0.6 is 0 Å². The topological polar surface area (TPSA) is 21.3 Å². The van der Waals surface area contributed by atoms with E-state index in [0.717, 1.165) is 18.8 Å². The van der Waals surface area contributed by atoms with Crippen LogP contribution in [-0.2, 0) is 6.54 Å². The zero-order valence-corrected chi connectivity index (χ0v) is 9.33. The minimum absolute atomic E-state index is 0.495. The first-order valence-electron chi connectivity index (χ1n) is 5.85. The molecule has 1 aliphatic carbocycles. The van der Waals surface area contributed by atoms with Gasteiger partial charge in [0.25, 0.3) is 0 Å². The van der Waals surface area contributed by atoms with E-state index in [4.69, 9.17) is 4.74 Å². The van der Waals surface area contributed by atoms with Crippen molar-refractivity contribution in [2.45, 2.75) is 38.8 Å². The van der Waals surface area contributed by atoms with E-state index in [1.165, 1.54) is 24.8 Å². The van der Waals surface area contributed by atoms with Gasteiger partial charge in [-0.15, -0.1) is 0 Å². The lowest BCUT2D eigenvalue weighted by atomic mass is 10.2. The maximum Gasteiger partial charge on any atom is 0.119 e. The molecule has 0 heterocycles. The molecule has 15 heavy (non-hydrogen) atoms. The third-order valence-corrected chi connectivity index (χ3v) is 2.51. The molecule has 0 bridgehead atoms. The first-order valence-corrected chi connectivity index (χ1v) is 5.85. The molecular formula is C13H19NO. The average Bonchev–Trinajstić information content (AvgIpc) is 3.05. The Hall–Kier alpha value is -1.02. The van der Waals surface area contributed by atoms with E-state index >= 15 is 0 Å². The summed E-state index contributed by atoms with van der Waals surface area (Å²) in [6, 6.07) is 8.42. The van der Waals surface area contributed by atoms with Gasteiger partial charge in [0.1, 0.15) is 5.75 Å². The van der Waals surface area contributed by atoms with Crippen LogP contribution in [0.4, 0.5) is 0 Å². The maximum absolute atomic E-state index is 5.69. The summed E-state index contributed by atoms with van der Waals surface area (Å²) >= 11 is 0. The van der Waals surface area contributed by atoms with E-state index in [0.29, 0.717) is 6.10 Å². The van der Waals surface area contributed by atoms with Crippen molar-refractivity contribution in [1.29, 1.82) is 0 Å². The van der Waals surface area contributed by atoms with Crippen molar-refractivity contribution in [3.63, 3.8) is 0 Å². The number of rotatable bonds is 6. The highest BCUT2D eigenvalue weighted by molar-refractivity contribution is 5.27. The van der Waals surface area contributed by atoms with Crippen LogP contribution in [0.3, 0.4) is 0 Å². The molecule has 2 heteroatoms. The van der Waals surface area contributed by atoms with Crippen molar-refractivity contribution in [3.05, 3.63) is 29.8 Å². The van der Waals surface area contributed by atoms with Gasteiger partial charge in [0.2, 0.25) is 0 Å². The molecule has 1 aromatic rings. The quantitative estimate of drug-likeness (QED) is 0.721. The Kier molecular flexibility index (Phi) is 3.62. The molecule has 1 aromatic carbocycles. The Morgan fingerprint density at radius 3 is 2.60 bits per heavy atom. The van der Waals surface area contributed by atoms with Crippen LogP contribution in [0, 0.1) is 0 Å². The van der Waals surface area contributed by atoms with Crippen LogP contribution in [0.15, 0.2) is 24.3 Å². The number of hydrogen-bond donors (Lipinski definition) is 1. The lowest BCUT2D eigenvalue weighted by Gasteiger charge is -2.06. The molecule has 1 saturated carbocycles. The van der Waals surface area contributed by atoms with E-state index < -0.39 is 0 Å². The van der Waals surface area contributed by atoms with Crippen LogP contribution in [-0.4, -0.2) is 12.6 Å². The molecular weight excluding hydrogens is 186 g/mol. The largest absolute Gasteiger partial charge is 0.490 e. The summed E-state index contributed by atoms with van der Waals surface area (Å²) < 4.78 is 5.69. The van der Waals surface area contributed by atoms with Crippen molar-refractivity contribution in [3.8, 4) is 5.75 Å². The monoisotopic (exact) mass is 205 g/mol. The number of benzene rings is 1. The molecule has 2 nitrogen and oxygen atoms in total. The summed E-state index contributed by atoms with van der Waals surface area (Å²) in [6.07, 6.45) is 4.12. The van der Waals surface area contributed by atoms with Gasteiger partial charge in [-0.05, 0) is 43.5 Å². The fraction of sp³-hybridized carbons (Fsp3) is 0.538. The van der Waals surface area contributed by atoms with Gasteiger partial charge in [-0.1, -0.05) is 19.1 Å². The van der Waals surface area contributed by atoms with Crippen molar-refractivity contribution in [2.75, 3.05) is 6.54 Å². The summed E-state index contributed by atoms with van der Waals surface area (Å²) in [5.74, 6) is 1.01. The zero-order chi connectivity index (χ0) is 10.5. The molecule has 0 spiro atoms. The molecule has 0 amide bonds. The molecule has 1 N–H and O–H groups in total.